The molecule has 0 bridgehead atoms. The van der Waals surface area contributed by atoms with Crippen molar-refractivity contribution in [3.63, 3.8) is 0 Å². The predicted molar refractivity (Wildman–Crippen MR) is 80.6 cm³/mol. The van der Waals surface area contributed by atoms with Crippen LogP contribution in [0, 0.1) is 18.6 Å². The minimum Gasteiger partial charge on any atom is -0.312 e. The number of halogens is 2. The van der Waals surface area contributed by atoms with Crippen LogP contribution in [0.15, 0.2) is 47.4 Å². The largest absolute Gasteiger partial charge is 0.312 e. The number of hydrogen-bond donors (Lipinski definition) is 1. The summed E-state index contributed by atoms with van der Waals surface area (Å²) in [6.07, 6.45) is 0. The Labute approximate surface area is 125 Å². The Morgan fingerprint density at radius 3 is 2.52 bits per heavy atom. The fraction of sp³-hybridized carbons (Fsp3) is 0.250. The van der Waals surface area contributed by atoms with Gasteiger partial charge in [-0.05, 0) is 37.2 Å². The van der Waals surface area contributed by atoms with E-state index in [1.807, 2.05) is 31.2 Å². The summed E-state index contributed by atoms with van der Waals surface area (Å²) in [5, 5.41) is 3.10. The molecule has 21 heavy (non-hydrogen) atoms. The van der Waals surface area contributed by atoms with Gasteiger partial charge in [0.25, 0.3) is 0 Å². The standard InChI is InChI=1S/C16H17F2NOS/c1-11-5-3-4-6-13(11)15(19-2)10-21(20)16-8-7-12(17)9-14(16)18/h3-9,15,19H,10H2,1-2H3. The number of aryl methyl sites for hydroxylation is 1. The third-order valence-electron chi connectivity index (χ3n) is 3.37. The molecular formula is C16H17F2NOS. The average Bonchev–Trinajstić information content (AvgIpc) is 2.45. The topological polar surface area (TPSA) is 29.1 Å². The maximum atomic E-state index is 13.7. The molecule has 5 heteroatoms. The van der Waals surface area contributed by atoms with Gasteiger partial charge in [0.05, 0.1) is 15.7 Å². The Morgan fingerprint density at radius 2 is 1.90 bits per heavy atom. The van der Waals surface area contributed by atoms with Gasteiger partial charge in [-0.3, -0.25) is 4.21 Å². The van der Waals surface area contributed by atoms with Crippen LogP contribution in [-0.4, -0.2) is 17.0 Å². The van der Waals surface area contributed by atoms with Crippen molar-refractivity contribution in [1.82, 2.24) is 5.32 Å². The van der Waals surface area contributed by atoms with Gasteiger partial charge in [-0.2, -0.15) is 0 Å². The summed E-state index contributed by atoms with van der Waals surface area (Å²) in [6.45, 7) is 1.97. The van der Waals surface area contributed by atoms with Gasteiger partial charge in [-0.25, -0.2) is 8.78 Å². The fourth-order valence-corrected chi connectivity index (χ4v) is 3.53. The minimum atomic E-state index is -1.55. The SMILES string of the molecule is CNC(CS(=O)c1ccc(F)cc1F)c1ccccc1C. The van der Waals surface area contributed by atoms with E-state index in [4.69, 9.17) is 0 Å². The molecule has 112 valence electrons. The second-order valence-electron chi connectivity index (χ2n) is 4.78. The predicted octanol–water partition coefficient (Wildman–Crippen LogP) is 3.34. The van der Waals surface area contributed by atoms with Crippen LogP contribution in [0.2, 0.25) is 0 Å². The molecule has 0 aliphatic carbocycles. The second kappa shape index (κ2) is 6.91. The maximum Gasteiger partial charge on any atom is 0.142 e. The van der Waals surface area contributed by atoms with Gasteiger partial charge in [0.1, 0.15) is 11.6 Å². The van der Waals surface area contributed by atoms with E-state index in [1.165, 1.54) is 6.07 Å². The molecule has 0 aliphatic heterocycles. The van der Waals surface area contributed by atoms with E-state index in [0.29, 0.717) is 0 Å². The van der Waals surface area contributed by atoms with Crippen molar-refractivity contribution in [3.8, 4) is 0 Å². The highest BCUT2D eigenvalue weighted by atomic mass is 32.2. The van der Waals surface area contributed by atoms with Gasteiger partial charge >= 0.3 is 0 Å². The lowest BCUT2D eigenvalue weighted by molar-refractivity contribution is 0.560. The minimum absolute atomic E-state index is 0.0326. The van der Waals surface area contributed by atoms with Crippen LogP contribution in [0.25, 0.3) is 0 Å². The molecule has 0 spiro atoms. The van der Waals surface area contributed by atoms with Crippen molar-refractivity contribution >= 4 is 10.8 Å². The smallest absolute Gasteiger partial charge is 0.142 e. The summed E-state index contributed by atoms with van der Waals surface area (Å²) in [6, 6.07) is 10.7. The highest BCUT2D eigenvalue weighted by molar-refractivity contribution is 7.85. The maximum absolute atomic E-state index is 13.7. The summed E-state index contributed by atoms with van der Waals surface area (Å²) in [7, 11) is 0.227. The molecule has 0 amide bonds. The molecule has 0 fully saturated rings. The molecule has 1 N–H and O–H groups in total. The Morgan fingerprint density at radius 1 is 1.19 bits per heavy atom. The summed E-state index contributed by atoms with van der Waals surface area (Å²) < 4.78 is 38.9. The molecule has 2 unspecified atom stereocenters. The second-order valence-corrected chi connectivity index (χ2v) is 6.25. The zero-order valence-electron chi connectivity index (χ0n) is 11.9. The molecule has 2 nitrogen and oxygen atoms in total. The normalized spacial score (nSPS) is 13.9. The number of rotatable bonds is 5. The first-order chi connectivity index (χ1) is 10.0. The highest BCUT2D eigenvalue weighted by Gasteiger charge is 2.18. The Balaban J connectivity index is 2.23. The lowest BCUT2D eigenvalue weighted by Gasteiger charge is -2.18. The van der Waals surface area contributed by atoms with Gasteiger partial charge in [0, 0.05) is 17.9 Å². The van der Waals surface area contributed by atoms with E-state index in [9.17, 15) is 13.0 Å². The van der Waals surface area contributed by atoms with E-state index in [2.05, 4.69) is 5.32 Å². The van der Waals surface area contributed by atoms with Gasteiger partial charge in [-0.1, -0.05) is 24.3 Å². The monoisotopic (exact) mass is 309 g/mol. The van der Waals surface area contributed by atoms with Crippen molar-refractivity contribution in [2.75, 3.05) is 12.8 Å². The van der Waals surface area contributed by atoms with Crippen molar-refractivity contribution in [1.29, 1.82) is 0 Å². The lowest BCUT2D eigenvalue weighted by atomic mass is 10.0. The summed E-state index contributed by atoms with van der Waals surface area (Å²) >= 11 is 0. The van der Waals surface area contributed by atoms with Crippen molar-refractivity contribution in [3.05, 3.63) is 65.2 Å². The quantitative estimate of drug-likeness (QED) is 0.918. The molecule has 2 aromatic rings. The van der Waals surface area contributed by atoms with Crippen LogP contribution in [0.1, 0.15) is 17.2 Å². The number of benzene rings is 2. The Bertz CT molecular complexity index is 660. The van der Waals surface area contributed by atoms with Crippen LogP contribution < -0.4 is 5.32 Å². The third kappa shape index (κ3) is 3.74. The number of hydrogen-bond acceptors (Lipinski definition) is 2. The molecule has 0 aliphatic rings. The summed E-state index contributed by atoms with van der Waals surface area (Å²) in [5.74, 6) is -1.21. The van der Waals surface area contributed by atoms with E-state index in [0.717, 1.165) is 23.3 Å². The zero-order valence-corrected chi connectivity index (χ0v) is 12.7. The molecule has 0 heterocycles. The third-order valence-corrected chi connectivity index (χ3v) is 4.83. The lowest BCUT2D eigenvalue weighted by Crippen LogP contribution is -2.23. The molecule has 0 radical (unpaired) electrons. The van der Waals surface area contributed by atoms with Crippen LogP contribution >= 0.6 is 0 Å². The first-order valence-electron chi connectivity index (χ1n) is 6.59. The van der Waals surface area contributed by atoms with Gasteiger partial charge in [0.15, 0.2) is 0 Å². The Kier molecular flexibility index (Phi) is 5.20. The van der Waals surface area contributed by atoms with Crippen LogP contribution in [0.4, 0.5) is 8.78 Å². The summed E-state index contributed by atoms with van der Waals surface area (Å²) in [5.41, 5.74) is 2.10. The first-order valence-corrected chi connectivity index (χ1v) is 7.91. The molecule has 0 aromatic heterocycles. The zero-order chi connectivity index (χ0) is 15.4. The number of nitrogens with one attached hydrogen (secondary N) is 1. The molecule has 0 saturated carbocycles. The van der Waals surface area contributed by atoms with Gasteiger partial charge in [0.2, 0.25) is 0 Å². The van der Waals surface area contributed by atoms with Crippen molar-refractivity contribution < 1.29 is 13.0 Å². The fourth-order valence-electron chi connectivity index (χ4n) is 2.21. The van der Waals surface area contributed by atoms with E-state index < -0.39 is 22.4 Å². The van der Waals surface area contributed by atoms with Gasteiger partial charge in [-0.15, -0.1) is 0 Å². The first kappa shape index (κ1) is 15.8. The highest BCUT2D eigenvalue weighted by Crippen LogP contribution is 2.22. The summed E-state index contributed by atoms with van der Waals surface area (Å²) in [4.78, 5) is 0.0326. The van der Waals surface area contributed by atoms with Crippen LogP contribution in [-0.2, 0) is 10.8 Å². The van der Waals surface area contributed by atoms with E-state index in [1.54, 1.807) is 7.05 Å². The molecule has 2 atom stereocenters. The van der Waals surface area contributed by atoms with Crippen LogP contribution in [0.3, 0.4) is 0 Å². The van der Waals surface area contributed by atoms with Crippen LogP contribution in [0.5, 0.6) is 0 Å². The van der Waals surface area contributed by atoms with Crippen molar-refractivity contribution in [2.24, 2.45) is 0 Å². The van der Waals surface area contributed by atoms with E-state index >= 15 is 0 Å². The average molecular weight is 309 g/mol. The Hall–Kier alpha value is -1.59. The molecule has 0 saturated heterocycles. The molecule has 2 aromatic carbocycles. The molecule has 2 rings (SSSR count). The van der Waals surface area contributed by atoms with Gasteiger partial charge < -0.3 is 5.32 Å². The van der Waals surface area contributed by atoms with E-state index in [-0.39, 0.29) is 16.7 Å². The molecular weight excluding hydrogens is 292 g/mol. The van der Waals surface area contributed by atoms with Crippen molar-refractivity contribution in [2.45, 2.75) is 17.9 Å².